The first-order valence-electron chi connectivity index (χ1n) is 11.7. The second kappa shape index (κ2) is 10.4. The molecule has 0 bridgehead atoms. The molecule has 200 valence electrons. The van der Waals surface area contributed by atoms with Gasteiger partial charge in [0.15, 0.2) is 6.10 Å². The zero-order valence-corrected chi connectivity index (χ0v) is 21.8. The van der Waals surface area contributed by atoms with E-state index in [0.717, 1.165) is 17.3 Å². The van der Waals surface area contributed by atoms with Gasteiger partial charge in [-0.2, -0.15) is 17.5 Å². The first-order chi connectivity index (χ1) is 18.0. The van der Waals surface area contributed by atoms with Crippen molar-refractivity contribution in [2.24, 2.45) is 7.05 Å². The molecule has 0 saturated heterocycles. The molecule has 0 amide bonds. The Bertz CT molecular complexity index is 1640. The van der Waals surface area contributed by atoms with E-state index >= 15 is 0 Å². The van der Waals surface area contributed by atoms with Crippen molar-refractivity contribution in [2.75, 3.05) is 6.61 Å². The highest BCUT2D eigenvalue weighted by Gasteiger charge is 2.35. The molecule has 1 atom stereocenters. The molecule has 38 heavy (non-hydrogen) atoms. The number of carbonyl (C=O) groups is 1. The van der Waals surface area contributed by atoms with Crippen LogP contribution < -0.4 is 16.0 Å². The Kier molecular flexibility index (Phi) is 7.45. The molecule has 0 spiro atoms. The highest BCUT2D eigenvalue weighted by atomic mass is 32.1. The van der Waals surface area contributed by atoms with Crippen molar-refractivity contribution in [3.05, 3.63) is 74.6 Å². The fraction of sp³-hybridized carbons (Fsp3) is 0.308. The first-order valence-corrected chi connectivity index (χ1v) is 12.5. The molecule has 0 aliphatic rings. The summed E-state index contributed by atoms with van der Waals surface area (Å²) >= 11 is 1.19. The Hall–Kier alpha value is -3.93. The van der Waals surface area contributed by atoms with Gasteiger partial charge in [0.25, 0.3) is 5.56 Å². The lowest BCUT2D eigenvalue weighted by molar-refractivity contribution is -0.151. The third-order valence-corrected chi connectivity index (χ3v) is 6.81. The normalized spacial score (nSPS) is 12.5. The standard InChI is InChI=1S/C26H24F3N3O5S/c1-5-19(24(34)36-6-2)37-16-9-7-14(3)17(12-16)23-18-11-15(8-10-20(18)38-30-23)32-22(33)13-21(26(27,28)29)31(4)25(32)35/h7-13,19H,5-6H2,1-4H3. The van der Waals surface area contributed by atoms with Crippen LogP contribution in [0.1, 0.15) is 31.5 Å². The fourth-order valence-electron chi connectivity index (χ4n) is 4.02. The number of aromatic nitrogens is 3. The largest absolute Gasteiger partial charge is 0.479 e. The molecule has 0 aliphatic carbocycles. The summed E-state index contributed by atoms with van der Waals surface area (Å²) in [7, 11) is 0.964. The van der Waals surface area contributed by atoms with Crippen LogP contribution in [0.3, 0.4) is 0 Å². The molecule has 8 nitrogen and oxygen atoms in total. The Balaban J connectivity index is 1.81. The summed E-state index contributed by atoms with van der Waals surface area (Å²) in [4.78, 5) is 37.6. The second-order valence-corrected chi connectivity index (χ2v) is 9.30. The SMILES string of the molecule is CCOC(=O)C(CC)Oc1ccc(C)c(-c2nsc3ccc(-n4c(=O)cc(C(F)(F)F)n(C)c4=O)cc23)c1. The Morgan fingerprint density at radius 3 is 2.50 bits per heavy atom. The predicted molar refractivity (Wildman–Crippen MR) is 137 cm³/mol. The number of aryl methyl sites for hydroxylation is 1. The highest BCUT2D eigenvalue weighted by molar-refractivity contribution is 7.13. The molecule has 2 aromatic carbocycles. The number of hydrogen-bond acceptors (Lipinski definition) is 7. The third kappa shape index (κ3) is 5.08. The van der Waals surface area contributed by atoms with Gasteiger partial charge in [-0.25, -0.2) is 14.2 Å². The van der Waals surface area contributed by atoms with Crippen LogP contribution in [0.25, 0.3) is 27.0 Å². The van der Waals surface area contributed by atoms with E-state index in [4.69, 9.17) is 9.47 Å². The smallest absolute Gasteiger partial charge is 0.431 e. The first kappa shape index (κ1) is 27.1. The lowest BCUT2D eigenvalue weighted by Gasteiger charge is -2.17. The topological polar surface area (TPSA) is 92.4 Å². The molecule has 0 N–H and O–H groups in total. The van der Waals surface area contributed by atoms with Crippen LogP contribution in [-0.4, -0.2) is 32.2 Å². The number of alkyl halides is 3. The van der Waals surface area contributed by atoms with Gasteiger partial charge in [0, 0.05) is 24.1 Å². The van der Waals surface area contributed by atoms with E-state index in [1.807, 2.05) is 13.0 Å². The van der Waals surface area contributed by atoms with E-state index in [9.17, 15) is 27.6 Å². The number of carbonyl (C=O) groups excluding carboxylic acids is 1. The zero-order chi connectivity index (χ0) is 27.8. The number of nitrogens with zero attached hydrogens (tertiary/aromatic N) is 3. The Morgan fingerprint density at radius 2 is 1.84 bits per heavy atom. The summed E-state index contributed by atoms with van der Waals surface area (Å²) in [5.41, 5.74) is -1.36. The van der Waals surface area contributed by atoms with Gasteiger partial charge in [-0.15, -0.1) is 0 Å². The van der Waals surface area contributed by atoms with Crippen molar-refractivity contribution in [2.45, 2.75) is 39.5 Å². The number of hydrogen-bond donors (Lipinski definition) is 0. The van der Waals surface area contributed by atoms with Crippen molar-refractivity contribution in [1.29, 1.82) is 0 Å². The summed E-state index contributed by atoms with van der Waals surface area (Å²) in [6, 6.07) is 10.4. The number of rotatable bonds is 7. The Morgan fingerprint density at radius 1 is 1.11 bits per heavy atom. The minimum atomic E-state index is -4.85. The van der Waals surface area contributed by atoms with Gasteiger partial charge < -0.3 is 9.47 Å². The van der Waals surface area contributed by atoms with E-state index in [2.05, 4.69) is 4.37 Å². The van der Waals surface area contributed by atoms with Crippen molar-refractivity contribution >= 4 is 27.6 Å². The van der Waals surface area contributed by atoms with Crippen LogP contribution in [0.5, 0.6) is 5.75 Å². The van der Waals surface area contributed by atoms with Gasteiger partial charge in [-0.05, 0) is 67.7 Å². The lowest BCUT2D eigenvalue weighted by atomic mass is 10.0. The van der Waals surface area contributed by atoms with E-state index < -0.39 is 35.2 Å². The highest BCUT2D eigenvalue weighted by Crippen LogP contribution is 2.36. The number of esters is 1. The van der Waals surface area contributed by atoms with Crippen LogP contribution >= 0.6 is 11.5 Å². The summed E-state index contributed by atoms with van der Waals surface area (Å²) in [6.07, 6.45) is -5.23. The van der Waals surface area contributed by atoms with E-state index in [1.165, 1.54) is 17.6 Å². The Labute approximate surface area is 219 Å². The van der Waals surface area contributed by atoms with Crippen LogP contribution in [0.4, 0.5) is 13.2 Å². The number of halogens is 3. The van der Waals surface area contributed by atoms with E-state index in [-0.39, 0.29) is 12.3 Å². The molecule has 0 saturated carbocycles. The molecule has 4 rings (SSSR count). The molecule has 0 fully saturated rings. The van der Waals surface area contributed by atoms with E-state index in [0.29, 0.717) is 44.0 Å². The molecular weight excluding hydrogens is 523 g/mol. The summed E-state index contributed by atoms with van der Waals surface area (Å²) < 4.78 is 57.1. The maximum absolute atomic E-state index is 13.3. The monoisotopic (exact) mass is 547 g/mol. The van der Waals surface area contributed by atoms with Gasteiger partial charge in [0.2, 0.25) is 0 Å². The van der Waals surface area contributed by atoms with Gasteiger partial charge >= 0.3 is 17.8 Å². The van der Waals surface area contributed by atoms with E-state index in [1.54, 1.807) is 38.1 Å². The van der Waals surface area contributed by atoms with Gasteiger partial charge in [0.05, 0.1) is 22.7 Å². The number of fused-ring (bicyclic) bond motifs is 1. The van der Waals surface area contributed by atoms with Gasteiger partial charge in [0.1, 0.15) is 11.4 Å². The maximum Gasteiger partial charge on any atom is 0.431 e. The van der Waals surface area contributed by atoms with Crippen molar-refractivity contribution in [3.63, 3.8) is 0 Å². The van der Waals surface area contributed by atoms with Crippen molar-refractivity contribution in [1.82, 2.24) is 13.5 Å². The summed E-state index contributed by atoms with van der Waals surface area (Å²) in [6.45, 7) is 5.62. The second-order valence-electron chi connectivity index (χ2n) is 8.50. The van der Waals surface area contributed by atoms with Crippen LogP contribution in [0, 0.1) is 6.92 Å². The van der Waals surface area contributed by atoms with Gasteiger partial charge in [-0.3, -0.25) is 9.36 Å². The molecule has 4 aromatic rings. The number of benzene rings is 2. The van der Waals surface area contributed by atoms with Crippen LogP contribution in [-0.2, 0) is 22.8 Å². The van der Waals surface area contributed by atoms with Crippen LogP contribution in [0.2, 0.25) is 0 Å². The zero-order valence-electron chi connectivity index (χ0n) is 21.0. The minimum Gasteiger partial charge on any atom is -0.479 e. The summed E-state index contributed by atoms with van der Waals surface area (Å²) in [5, 5.41) is 0.596. The fourth-order valence-corrected chi connectivity index (χ4v) is 4.79. The minimum absolute atomic E-state index is 0.108. The predicted octanol–water partition coefficient (Wildman–Crippen LogP) is 4.86. The maximum atomic E-state index is 13.3. The number of ether oxygens (including phenoxy) is 2. The van der Waals surface area contributed by atoms with Crippen LogP contribution in [0.15, 0.2) is 52.1 Å². The molecule has 1 unspecified atom stereocenters. The molecule has 0 radical (unpaired) electrons. The lowest BCUT2D eigenvalue weighted by Crippen LogP contribution is -2.40. The van der Waals surface area contributed by atoms with Crippen molar-refractivity contribution < 1.29 is 27.4 Å². The van der Waals surface area contributed by atoms with Crippen molar-refractivity contribution in [3.8, 4) is 22.7 Å². The third-order valence-electron chi connectivity index (χ3n) is 5.99. The molecule has 2 heterocycles. The molecular formula is C26H24F3N3O5S. The average molecular weight is 548 g/mol. The van der Waals surface area contributed by atoms with Gasteiger partial charge in [-0.1, -0.05) is 13.0 Å². The molecule has 12 heteroatoms. The average Bonchev–Trinajstić information content (AvgIpc) is 3.28. The molecule has 2 aromatic heterocycles. The molecule has 0 aliphatic heterocycles. The quantitative estimate of drug-likeness (QED) is 0.307. The summed E-state index contributed by atoms with van der Waals surface area (Å²) in [5.74, 6) is -0.0416.